The maximum absolute atomic E-state index is 5.92. The summed E-state index contributed by atoms with van der Waals surface area (Å²) in [6, 6.07) is 16.3. The summed E-state index contributed by atoms with van der Waals surface area (Å²) in [5.41, 5.74) is 3.53. The lowest BCUT2D eigenvalue weighted by Gasteiger charge is -2.09. The van der Waals surface area contributed by atoms with Gasteiger partial charge in [0, 0.05) is 16.5 Å². The van der Waals surface area contributed by atoms with E-state index < -0.39 is 0 Å². The van der Waals surface area contributed by atoms with Gasteiger partial charge in [-0.2, -0.15) is 0 Å². The van der Waals surface area contributed by atoms with Crippen LogP contribution in [0.4, 0.5) is 0 Å². The van der Waals surface area contributed by atoms with Crippen molar-refractivity contribution in [1.82, 2.24) is 14.8 Å². The highest BCUT2D eigenvalue weighted by atomic mass is 35.5. The minimum atomic E-state index is 0.757. The van der Waals surface area contributed by atoms with Crippen LogP contribution in [0, 0.1) is 13.8 Å². The van der Waals surface area contributed by atoms with Gasteiger partial charge in [0.2, 0.25) is 0 Å². The number of rotatable bonds is 4. The molecule has 3 aromatic rings. The molecular weight excluding hydrogens is 314 g/mol. The van der Waals surface area contributed by atoms with Gasteiger partial charge in [-0.05, 0) is 49.2 Å². The molecule has 0 saturated carbocycles. The quantitative estimate of drug-likeness (QED) is 0.642. The molecule has 112 valence electrons. The van der Waals surface area contributed by atoms with E-state index in [4.69, 9.17) is 11.6 Å². The molecule has 1 heterocycles. The van der Waals surface area contributed by atoms with E-state index in [2.05, 4.69) is 46.0 Å². The number of halogens is 1. The summed E-state index contributed by atoms with van der Waals surface area (Å²) in [7, 11) is 0. The molecule has 0 aliphatic heterocycles. The summed E-state index contributed by atoms with van der Waals surface area (Å²) >= 11 is 7.59. The molecule has 2 aromatic carbocycles. The zero-order valence-electron chi connectivity index (χ0n) is 12.5. The number of thioether (sulfide) groups is 1. The van der Waals surface area contributed by atoms with Gasteiger partial charge in [-0.3, -0.25) is 4.57 Å². The van der Waals surface area contributed by atoms with Crippen molar-refractivity contribution in [2.24, 2.45) is 0 Å². The van der Waals surface area contributed by atoms with Crippen molar-refractivity contribution in [2.45, 2.75) is 24.8 Å². The molecule has 3 rings (SSSR count). The monoisotopic (exact) mass is 329 g/mol. The second-order valence-corrected chi connectivity index (χ2v) is 6.50. The van der Waals surface area contributed by atoms with Crippen LogP contribution in [0.5, 0.6) is 0 Å². The average Bonchev–Trinajstić information content (AvgIpc) is 2.87. The topological polar surface area (TPSA) is 30.7 Å². The Labute approximate surface area is 139 Å². The van der Waals surface area contributed by atoms with Crippen LogP contribution in [0.3, 0.4) is 0 Å². The Morgan fingerprint density at radius 3 is 2.55 bits per heavy atom. The Bertz CT molecular complexity index is 781. The Balaban J connectivity index is 1.84. The van der Waals surface area contributed by atoms with Crippen LogP contribution in [0.25, 0.3) is 5.69 Å². The van der Waals surface area contributed by atoms with Crippen LogP contribution in [0.2, 0.25) is 5.02 Å². The lowest BCUT2D eigenvalue weighted by Crippen LogP contribution is -1.99. The maximum atomic E-state index is 5.92. The molecule has 5 heteroatoms. The van der Waals surface area contributed by atoms with Gasteiger partial charge < -0.3 is 0 Å². The highest BCUT2D eigenvalue weighted by Crippen LogP contribution is 2.25. The van der Waals surface area contributed by atoms with Gasteiger partial charge in [-0.1, -0.05) is 47.6 Å². The molecule has 0 spiro atoms. The molecule has 0 saturated heterocycles. The third-order valence-corrected chi connectivity index (χ3v) is 4.59. The third-order valence-electron chi connectivity index (χ3n) is 3.34. The molecule has 0 amide bonds. The molecule has 0 aliphatic carbocycles. The Kier molecular flexibility index (Phi) is 4.50. The van der Waals surface area contributed by atoms with Crippen LogP contribution >= 0.6 is 23.4 Å². The average molecular weight is 330 g/mol. The molecular formula is C17H16ClN3S. The lowest BCUT2D eigenvalue weighted by molar-refractivity contribution is 0.867. The van der Waals surface area contributed by atoms with Crippen LogP contribution < -0.4 is 0 Å². The summed E-state index contributed by atoms with van der Waals surface area (Å²) in [6.45, 7) is 4.06. The zero-order valence-corrected chi connectivity index (χ0v) is 14.0. The first kappa shape index (κ1) is 15.1. The zero-order chi connectivity index (χ0) is 15.5. The van der Waals surface area contributed by atoms with Gasteiger partial charge >= 0.3 is 0 Å². The van der Waals surface area contributed by atoms with E-state index in [0.717, 1.165) is 27.4 Å². The second kappa shape index (κ2) is 6.55. The Hall–Kier alpha value is -1.78. The van der Waals surface area contributed by atoms with Crippen molar-refractivity contribution in [3.63, 3.8) is 0 Å². The Morgan fingerprint density at radius 2 is 1.82 bits per heavy atom. The van der Waals surface area contributed by atoms with Crippen molar-refractivity contribution in [3.8, 4) is 5.69 Å². The maximum Gasteiger partial charge on any atom is 0.196 e. The van der Waals surface area contributed by atoms with Crippen LogP contribution in [0.15, 0.2) is 53.7 Å². The van der Waals surface area contributed by atoms with E-state index in [1.807, 2.05) is 31.2 Å². The fraction of sp³-hybridized carbons (Fsp3) is 0.176. The summed E-state index contributed by atoms with van der Waals surface area (Å²) in [5, 5.41) is 10.2. The first-order valence-electron chi connectivity index (χ1n) is 7.00. The first-order chi connectivity index (χ1) is 10.6. The van der Waals surface area contributed by atoms with Gasteiger partial charge in [0.05, 0.1) is 0 Å². The molecule has 0 bridgehead atoms. The summed E-state index contributed by atoms with van der Waals surface area (Å²) in [4.78, 5) is 0. The van der Waals surface area contributed by atoms with Crippen molar-refractivity contribution in [1.29, 1.82) is 0 Å². The van der Waals surface area contributed by atoms with E-state index in [9.17, 15) is 0 Å². The predicted octanol–water partition coefficient (Wildman–Crippen LogP) is 4.83. The van der Waals surface area contributed by atoms with Crippen LogP contribution in [0.1, 0.15) is 17.0 Å². The molecule has 22 heavy (non-hydrogen) atoms. The standard InChI is InChI=1S/C17H16ClN3S/c1-12-4-3-5-16(10-12)21-13(2)19-20-17(21)22-11-14-6-8-15(18)9-7-14/h3-10H,11H2,1-2H3. The van der Waals surface area contributed by atoms with E-state index in [1.165, 1.54) is 11.1 Å². The molecule has 3 nitrogen and oxygen atoms in total. The number of aryl methyl sites for hydroxylation is 2. The van der Waals surface area contributed by atoms with Crippen LogP contribution in [-0.4, -0.2) is 14.8 Å². The van der Waals surface area contributed by atoms with Gasteiger partial charge in [-0.25, -0.2) is 0 Å². The van der Waals surface area contributed by atoms with Crippen molar-refractivity contribution in [2.75, 3.05) is 0 Å². The predicted molar refractivity (Wildman–Crippen MR) is 91.8 cm³/mol. The fourth-order valence-electron chi connectivity index (χ4n) is 2.23. The molecule has 0 fully saturated rings. The number of nitrogens with zero attached hydrogens (tertiary/aromatic N) is 3. The smallest absolute Gasteiger partial charge is 0.196 e. The molecule has 0 radical (unpaired) electrons. The highest BCUT2D eigenvalue weighted by Gasteiger charge is 2.11. The van der Waals surface area contributed by atoms with E-state index in [-0.39, 0.29) is 0 Å². The van der Waals surface area contributed by atoms with Gasteiger partial charge in [-0.15, -0.1) is 10.2 Å². The minimum Gasteiger partial charge on any atom is -0.274 e. The van der Waals surface area contributed by atoms with Crippen LogP contribution in [-0.2, 0) is 5.75 Å². The lowest BCUT2D eigenvalue weighted by atomic mass is 10.2. The Morgan fingerprint density at radius 1 is 1.05 bits per heavy atom. The normalized spacial score (nSPS) is 10.9. The third kappa shape index (κ3) is 3.34. The number of hydrogen-bond acceptors (Lipinski definition) is 3. The summed E-state index contributed by atoms with van der Waals surface area (Å²) in [5.74, 6) is 1.73. The fourth-order valence-corrected chi connectivity index (χ4v) is 3.31. The van der Waals surface area contributed by atoms with Crippen molar-refractivity contribution >= 4 is 23.4 Å². The largest absolute Gasteiger partial charge is 0.274 e. The van der Waals surface area contributed by atoms with E-state index >= 15 is 0 Å². The number of aromatic nitrogens is 3. The molecule has 0 atom stereocenters. The van der Waals surface area contributed by atoms with Gasteiger partial charge in [0.15, 0.2) is 5.16 Å². The highest BCUT2D eigenvalue weighted by molar-refractivity contribution is 7.98. The molecule has 0 unspecified atom stereocenters. The summed E-state index contributed by atoms with van der Waals surface area (Å²) in [6.07, 6.45) is 0. The summed E-state index contributed by atoms with van der Waals surface area (Å²) < 4.78 is 2.09. The molecule has 0 aliphatic rings. The molecule has 1 aromatic heterocycles. The van der Waals surface area contributed by atoms with Crippen molar-refractivity contribution < 1.29 is 0 Å². The minimum absolute atomic E-state index is 0.757. The van der Waals surface area contributed by atoms with Gasteiger partial charge in [0.1, 0.15) is 5.82 Å². The van der Waals surface area contributed by atoms with Crippen molar-refractivity contribution in [3.05, 3.63) is 70.5 Å². The second-order valence-electron chi connectivity index (χ2n) is 5.12. The number of hydrogen-bond donors (Lipinski definition) is 0. The number of benzene rings is 2. The van der Waals surface area contributed by atoms with E-state index in [1.54, 1.807) is 11.8 Å². The van der Waals surface area contributed by atoms with E-state index in [0.29, 0.717) is 0 Å². The SMILES string of the molecule is Cc1cccc(-n2c(C)nnc2SCc2ccc(Cl)cc2)c1. The van der Waals surface area contributed by atoms with Gasteiger partial charge in [0.25, 0.3) is 0 Å². The first-order valence-corrected chi connectivity index (χ1v) is 8.36. The molecule has 0 N–H and O–H groups in total.